The van der Waals surface area contributed by atoms with Crippen molar-refractivity contribution in [1.29, 1.82) is 0 Å². The zero-order valence-electron chi connectivity index (χ0n) is 10.3. The van der Waals surface area contributed by atoms with E-state index in [0.29, 0.717) is 0 Å². The van der Waals surface area contributed by atoms with Gasteiger partial charge in [-0.25, -0.2) is 4.68 Å². The van der Waals surface area contributed by atoms with Crippen LogP contribution in [0.4, 0.5) is 0 Å². The number of hydrogen-bond acceptors (Lipinski definition) is 2. The summed E-state index contributed by atoms with van der Waals surface area (Å²) in [5.41, 5.74) is 2.16. The first-order valence-corrected chi connectivity index (χ1v) is 5.85. The van der Waals surface area contributed by atoms with Crippen LogP contribution in [0.2, 0.25) is 0 Å². The van der Waals surface area contributed by atoms with Gasteiger partial charge in [-0.15, -0.1) is 0 Å². The van der Waals surface area contributed by atoms with Crippen molar-refractivity contribution in [2.75, 3.05) is 6.61 Å². The van der Waals surface area contributed by atoms with Gasteiger partial charge in [0.2, 0.25) is 0 Å². The second-order valence-electron chi connectivity index (χ2n) is 4.87. The monoisotopic (exact) mass is 230 g/mol. The maximum Gasteiger partial charge on any atom is 0.0645 e. The summed E-state index contributed by atoms with van der Waals surface area (Å²) in [6.45, 7) is 4.44. The van der Waals surface area contributed by atoms with Gasteiger partial charge in [-0.2, -0.15) is 5.10 Å². The zero-order chi connectivity index (χ0) is 12.3. The highest BCUT2D eigenvalue weighted by Gasteiger charge is 2.21. The molecule has 0 aliphatic rings. The summed E-state index contributed by atoms with van der Waals surface area (Å²) in [6.07, 6.45) is 4.65. The fourth-order valence-corrected chi connectivity index (χ4v) is 1.82. The summed E-state index contributed by atoms with van der Waals surface area (Å²) >= 11 is 0. The maximum atomic E-state index is 9.06. The third-order valence-corrected chi connectivity index (χ3v) is 3.12. The van der Waals surface area contributed by atoms with Crippen LogP contribution in [0.25, 0.3) is 5.69 Å². The molecule has 1 aromatic carbocycles. The molecule has 0 saturated heterocycles. The lowest BCUT2D eigenvalue weighted by Gasteiger charge is -2.21. The first-order chi connectivity index (χ1) is 8.13. The second kappa shape index (κ2) is 4.72. The van der Waals surface area contributed by atoms with E-state index < -0.39 is 0 Å². The molecule has 2 rings (SSSR count). The molecule has 0 spiro atoms. The highest BCUT2D eigenvalue weighted by Crippen LogP contribution is 2.26. The Balaban J connectivity index is 2.28. The molecule has 0 unspecified atom stereocenters. The lowest BCUT2D eigenvalue weighted by molar-refractivity contribution is 0.252. The van der Waals surface area contributed by atoms with E-state index in [4.69, 9.17) is 5.11 Å². The molecular weight excluding hydrogens is 212 g/mol. The molecule has 0 aliphatic heterocycles. The third kappa shape index (κ3) is 2.56. The first-order valence-electron chi connectivity index (χ1n) is 5.85. The van der Waals surface area contributed by atoms with Crippen LogP contribution in [0.5, 0.6) is 0 Å². The molecule has 1 heterocycles. The van der Waals surface area contributed by atoms with Crippen LogP contribution in [0, 0.1) is 0 Å². The minimum atomic E-state index is -0.0399. The third-order valence-electron chi connectivity index (χ3n) is 3.12. The number of para-hydroxylation sites is 1. The summed E-state index contributed by atoms with van der Waals surface area (Å²) in [5.74, 6) is 0. The fourth-order valence-electron chi connectivity index (χ4n) is 1.82. The molecule has 90 valence electrons. The number of benzene rings is 1. The Kier molecular flexibility index (Phi) is 3.29. The lowest BCUT2D eigenvalue weighted by Crippen LogP contribution is -2.18. The van der Waals surface area contributed by atoms with Crippen molar-refractivity contribution in [1.82, 2.24) is 9.78 Å². The first kappa shape index (κ1) is 11.9. The number of aliphatic hydroxyl groups excluding tert-OH is 1. The average molecular weight is 230 g/mol. The van der Waals surface area contributed by atoms with Crippen LogP contribution >= 0.6 is 0 Å². The molecule has 0 amide bonds. The molecule has 0 radical (unpaired) electrons. The van der Waals surface area contributed by atoms with Crippen LogP contribution in [0.3, 0.4) is 0 Å². The van der Waals surface area contributed by atoms with Crippen molar-refractivity contribution in [2.24, 2.45) is 0 Å². The minimum Gasteiger partial charge on any atom is -0.396 e. The molecule has 1 aromatic heterocycles. The van der Waals surface area contributed by atoms with E-state index in [-0.39, 0.29) is 12.0 Å². The number of rotatable bonds is 4. The summed E-state index contributed by atoms with van der Waals surface area (Å²) in [6, 6.07) is 10.0. The van der Waals surface area contributed by atoms with E-state index in [1.54, 1.807) is 0 Å². The van der Waals surface area contributed by atoms with Gasteiger partial charge in [-0.05, 0) is 29.5 Å². The summed E-state index contributed by atoms with van der Waals surface area (Å²) < 4.78 is 1.87. The van der Waals surface area contributed by atoms with Gasteiger partial charge in [0.1, 0.15) is 0 Å². The molecule has 0 bridgehead atoms. The van der Waals surface area contributed by atoms with Crippen LogP contribution in [0.1, 0.15) is 25.8 Å². The summed E-state index contributed by atoms with van der Waals surface area (Å²) in [5, 5.41) is 13.4. The molecule has 0 aliphatic carbocycles. The molecule has 1 N–H and O–H groups in total. The van der Waals surface area contributed by atoms with Gasteiger partial charge < -0.3 is 5.11 Å². The summed E-state index contributed by atoms with van der Waals surface area (Å²) in [7, 11) is 0. The molecule has 17 heavy (non-hydrogen) atoms. The minimum absolute atomic E-state index is 0.0399. The second-order valence-corrected chi connectivity index (χ2v) is 4.87. The number of nitrogens with zero attached hydrogens (tertiary/aromatic N) is 2. The Hall–Kier alpha value is -1.61. The highest BCUT2D eigenvalue weighted by molar-refractivity contribution is 5.32. The van der Waals surface area contributed by atoms with Crippen molar-refractivity contribution in [3.63, 3.8) is 0 Å². The van der Waals surface area contributed by atoms with Crippen molar-refractivity contribution in [2.45, 2.75) is 25.7 Å². The molecule has 0 atom stereocenters. The van der Waals surface area contributed by atoms with E-state index in [1.165, 1.54) is 0 Å². The predicted molar refractivity (Wildman–Crippen MR) is 68.3 cm³/mol. The van der Waals surface area contributed by atoms with Gasteiger partial charge in [0.05, 0.1) is 11.9 Å². The van der Waals surface area contributed by atoms with Gasteiger partial charge in [0.15, 0.2) is 0 Å². The van der Waals surface area contributed by atoms with E-state index in [1.807, 2.05) is 47.4 Å². The Morgan fingerprint density at radius 1 is 1.24 bits per heavy atom. The lowest BCUT2D eigenvalue weighted by atomic mass is 9.84. The van der Waals surface area contributed by atoms with Crippen LogP contribution in [-0.4, -0.2) is 21.5 Å². The average Bonchev–Trinajstić information content (AvgIpc) is 2.80. The molecule has 0 saturated carbocycles. The van der Waals surface area contributed by atoms with Gasteiger partial charge in [0, 0.05) is 12.8 Å². The highest BCUT2D eigenvalue weighted by atomic mass is 16.3. The smallest absolute Gasteiger partial charge is 0.0645 e. The molecular formula is C14H18N2O. The maximum absolute atomic E-state index is 9.06. The Labute approximate surface area is 102 Å². The van der Waals surface area contributed by atoms with Crippen molar-refractivity contribution >= 4 is 0 Å². The van der Waals surface area contributed by atoms with Crippen LogP contribution in [-0.2, 0) is 5.41 Å². The number of hydrogen-bond donors (Lipinski definition) is 1. The zero-order valence-corrected chi connectivity index (χ0v) is 10.3. The molecule has 2 aromatic rings. The molecule has 3 nitrogen and oxygen atoms in total. The van der Waals surface area contributed by atoms with Gasteiger partial charge in [-0.1, -0.05) is 32.0 Å². The van der Waals surface area contributed by atoms with E-state index in [9.17, 15) is 0 Å². The molecule has 0 fully saturated rings. The van der Waals surface area contributed by atoms with Crippen molar-refractivity contribution in [3.8, 4) is 5.69 Å². The van der Waals surface area contributed by atoms with Crippen molar-refractivity contribution in [3.05, 3.63) is 48.3 Å². The number of aromatic nitrogens is 2. The van der Waals surface area contributed by atoms with E-state index in [2.05, 4.69) is 18.9 Å². The quantitative estimate of drug-likeness (QED) is 0.876. The topological polar surface area (TPSA) is 38.1 Å². The van der Waals surface area contributed by atoms with E-state index >= 15 is 0 Å². The Morgan fingerprint density at radius 2 is 1.94 bits per heavy atom. The predicted octanol–water partition coefficient (Wildman–Crippen LogP) is 2.53. The summed E-state index contributed by atoms with van der Waals surface area (Å²) in [4.78, 5) is 0. The van der Waals surface area contributed by atoms with Gasteiger partial charge in [0.25, 0.3) is 0 Å². The number of aliphatic hydroxyl groups is 1. The van der Waals surface area contributed by atoms with Crippen molar-refractivity contribution < 1.29 is 5.11 Å². The van der Waals surface area contributed by atoms with Crippen LogP contribution in [0.15, 0.2) is 42.7 Å². The van der Waals surface area contributed by atoms with E-state index in [0.717, 1.165) is 17.7 Å². The fraction of sp³-hybridized carbons (Fsp3) is 0.357. The van der Waals surface area contributed by atoms with Gasteiger partial charge >= 0.3 is 0 Å². The Morgan fingerprint density at radius 3 is 2.59 bits per heavy atom. The Bertz CT molecular complexity index is 474. The largest absolute Gasteiger partial charge is 0.396 e. The van der Waals surface area contributed by atoms with Gasteiger partial charge in [-0.3, -0.25) is 0 Å². The standard InChI is InChI=1S/C14H18N2O/c1-14(2,8-9-17)12-10-15-16(11-12)13-6-4-3-5-7-13/h3-7,10-11,17H,8-9H2,1-2H3. The SMILES string of the molecule is CC(C)(CCO)c1cnn(-c2ccccc2)c1. The normalized spacial score (nSPS) is 11.7. The molecule has 3 heteroatoms. The van der Waals surface area contributed by atoms with Crippen LogP contribution < -0.4 is 0 Å².